The summed E-state index contributed by atoms with van der Waals surface area (Å²) in [6.07, 6.45) is -12.8. The fourth-order valence-corrected chi connectivity index (χ4v) is 3.03. The van der Waals surface area contributed by atoms with Gasteiger partial charge < -0.3 is 51.1 Å². The number of carboxylic acids is 1. The van der Waals surface area contributed by atoms with Crippen LogP contribution in [0.2, 0.25) is 0 Å². The van der Waals surface area contributed by atoms with Crippen LogP contribution in [-0.2, 0) is 4.79 Å². The summed E-state index contributed by atoms with van der Waals surface area (Å²) in [5, 5.41) is 96.3. The molecule has 1 unspecified atom stereocenters. The van der Waals surface area contributed by atoms with Gasteiger partial charge in [0.2, 0.25) is 0 Å². The molecule has 0 spiro atoms. The van der Waals surface area contributed by atoms with Crippen LogP contribution in [0.5, 0.6) is 0 Å². The molecule has 24 heavy (non-hydrogen) atoms. The Bertz CT molecular complexity index is 430. The smallest absolute Gasteiger partial charge is 0.338 e. The molecule has 11 nitrogen and oxygen atoms in total. The molecule has 1 aliphatic rings. The average Bonchev–Trinajstić information content (AvgIpc) is 2.56. The molecule has 0 aromatic rings. The second-order valence-corrected chi connectivity index (χ2v) is 6.07. The molecule has 11 heteroatoms. The molecule has 1 fully saturated rings. The predicted octanol–water partition coefficient (Wildman–Crippen LogP) is -5.41. The lowest BCUT2D eigenvalue weighted by Crippen LogP contribution is -2.68. The van der Waals surface area contributed by atoms with E-state index in [1.54, 1.807) is 0 Å². The highest BCUT2D eigenvalue weighted by atomic mass is 16.4. The zero-order chi connectivity index (χ0) is 18.8. The zero-order valence-corrected chi connectivity index (χ0v) is 12.6. The van der Waals surface area contributed by atoms with Crippen molar-refractivity contribution in [3.63, 3.8) is 0 Å². The zero-order valence-electron chi connectivity index (χ0n) is 12.6. The highest BCUT2D eigenvalue weighted by Crippen LogP contribution is 2.39. The Balaban J connectivity index is 3.24. The number of aliphatic carboxylic acids is 1. The van der Waals surface area contributed by atoms with E-state index < -0.39 is 79.7 Å². The Hall–Kier alpha value is -0.890. The highest BCUT2D eigenvalue weighted by Gasteiger charge is 2.60. The van der Waals surface area contributed by atoms with Crippen LogP contribution < -0.4 is 0 Å². The minimum atomic E-state index is -3.23. The van der Waals surface area contributed by atoms with Gasteiger partial charge in [-0.2, -0.15) is 0 Å². The third kappa shape index (κ3) is 3.54. The van der Waals surface area contributed by atoms with Crippen LogP contribution in [0, 0.1) is 11.8 Å². The van der Waals surface area contributed by atoms with Crippen LogP contribution in [0.15, 0.2) is 0 Å². The quantitative estimate of drug-likeness (QED) is 0.207. The lowest BCUT2D eigenvalue weighted by atomic mass is 9.66. The van der Waals surface area contributed by atoms with Crippen molar-refractivity contribution in [3.05, 3.63) is 0 Å². The van der Waals surface area contributed by atoms with Crippen molar-refractivity contribution in [1.29, 1.82) is 0 Å². The molecule has 142 valence electrons. The van der Waals surface area contributed by atoms with E-state index in [-0.39, 0.29) is 0 Å². The first kappa shape index (κ1) is 21.2. The van der Waals surface area contributed by atoms with Gasteiger partial charge in [-0.25, -0.2) is 4.79 Å². The fourth-order valence-electron chi connectivity index (χ4n) is 3.03. The summed E-state index contributed by atoms with van der Waals surface area (Å²) < 4.78 is 0. The van der Waals surface area contributed by atoms with E-state index in [1.165, 1.54) is 0 Å². The van der Waals surface area contributed by atoms with Crippen LogP contribution in [0.25, 0.3) is 0 Å². The van der Waals surface area contributed by atoms with E-state index in [9.17, 15) is 50.8 Å². The van der Waals surface area contributed by atoms with E-state index in [1.807, 2.05) is 0 Å². The fraction of sp³-hybridized carbons (Fsp3) is 0.923. The van der Waals surface area contributed by atoms with E-state index in [2.05, 4.69) is 0 Å². The van der Waals surface area contributed by atoms with Gasteiger partial charge in [0.1, 0.15) is 24.4 Å². The molecular weight excluding hydrogens is 332 g/mol. The largest absolute Gasteiger partial charge is 0.479 e. The molecule has 0 bridgehead atoms. The highest BCUT2D eigenvalue weighted by molar-refractivity contribution is 5.79. The minimum absolute atomic E-state index is 0.502. The molecule has 0 heterocycles. The molecule has 1 saturated carbocycles. The van der Waals surface area contributed by atoms with Gasteiger partial charge >= 0.3 is 5.97 Å². The summed E-state index contributed by atoms with van der Waals surface area (Å²) >= 11 is 0. The average molecular weight is 356 g/mol. The molecule has 0 aromatic heterocycles. The Morgan fingerprint density at radius 2 is 1.58 bits per heavy atom. The monoisotopic (exact) mass is 356 g/mol. The lowest BCUT2D eigenvalue weighted by Gasteiger charge is -2.47. The van der Waals surface area contributed by atoms with Crippen LogP contribution in [0.4, 0.5) is 0 Å². The number of rotatable bonds is 7. The summed E-state index contributed by atoms with van der Waals surface area (Å²) in [6, 6.07) is 0. The number of carboxylic acid groups (broad SMARTS) is 1. The number of aliphatic hydroxyl groups excluding tert-OH is 8. The maximum absolute atomic E-state index is 11.5. The molecule has 0 aliphatic heterocycles. The maximum atomic E-state index is 11.5. The van der Waals surface area contributed by atoms with Gasteiger partial charge in [0.05, 0.1) is 18.8 Å². The SMILES string of the molecule is O=C(O)[C@@](O)(C1C[C@H](CO)[C@H](O)[C@H](O)[C@H]1O)[C@@H](O)[C@H](O)[C@H](O)CO. The summed E-state index contributed by atoms with van der Waals surface area (Å²) in [7, 11) is 0. The third-order valence-corrected chi connectivity index (χ3v) is 4.65. The van der Waals surface area contributed by atoms with Gasteiger partial charge in [-0.3, -0.25) is 0 Å². The minimum Gasteiger partial charge on any atom is -0.479 e. The second kappa shape index (κ2) is 7.99. The molecule has 9 atom stereocenters. The lowest BCUT2D eigenvalue weighted by molar-refractivity contribution is -0.237. The third-order valence-electron chi connectivity index (χ3n) is 4.65. The van der Waals surface area contributed by atoms with Crippen molar-refractivity contribution < 1.29 is 55.9 Å². The molecular formula is C13H24O11. The Morgan fingerprint density at radius 3 is 2.00 bits per heavy atom. The van der Waals surface area contributed by atoms with Crippen LogP contribution in [-0.4, -0.2) is 112 Å². The molecule has 0 radical (unpaired) electrons. The summed E-state index contributed by atoms with van der Waals surface area (Å²) in [4.78, 5) is 11.5. The first-order valence-corrected chi connectivity index (χ1v) is 7.29. The predicted molar refractivity (Wildman–Crippen MR) is 74.4 cm³/mol. The number of hydrogen-bond acceptors (Lipinski definition) is 10. The van der Waals surface area contributed by atoms with E-state index >= 15 is 0 Å². The van der Waals surface area contributed by atoms with Gasteiger partial charge in [0.15, 0.2) is 5.60 Å². The first-order chi connectivity index (χ1) is 11.0. The molecule has 1 rings (SSSR count). The van der Waals surface area contributed by atoms with Crippen molar-refractivity contribution in [1.82, 2.24) is 0 Å². The van der Waals surface area contributed by atoms with Gasteiger partial charge in [-0.05, 0) is 6.42 Å². The van der Waals surface area contributed by atoms with E-state index in [0.717, 1.165) is 0 Å². The molecule has 0 amide bonds. The van der Waals surface area contributed by atoms with Gasteiger partial charge in [-0.15, -0.1) is 0 Å². The van der Waals surface area contributed by atoms with Gasteiger partial charge in [0.25, 0.3) is 0 Å². The maximum Gasteiger partial charge on any atom is 0.338 e. The summed E-state index contributed by atoms with van der Waals surface area (Å²) in [5.41, 5.74) is -3.23. The van der Waals surface area contributed by atoms with Crippen LogP contribution in [0.1, 0.15) is 6.42 Å². The Morgan fingerprint density at radius 1 is 1.04 bits per heavy atom. The summed E-state index contributed by atoms with van der Waals surface area (Å²) in [6.45, 7) is -1.74. The number of carbonyl (C=O) groups is 1. The second-order valence-electron chi connectivity index (χ2n) is 6.07. The van der Waals surface area contributed by atoms with Crippen LogP contribution >= 0.6 is 0 Å². The van der Waals surface area contributed by atoms with E-state index in [4.69, 9.17) is 5.11 Å². The molecule has 0 aromatic carbocycles. The summed E-state index contributed by atoms with van der Waals surface area (Å²) in [5.74, 6) is -4.96. The standard InChI is InChI=1S/C13H24O11/c14-2-4-1-5(8(18)10(20)7(4)17)13(24,12(22)23)11(21)9(19)6(16)3-15/h4-11,14-21,24H,1-3H2,(H,22,23)/t4-,5?,6-,7+,8+,9-,10+,11+,13-/m1/s1. The number of aliphatic hydroxyl groups is 9. The Labute approximate surface area is 136 Å². The van der Waals surface area contributed by atoms with Crippen LogP contribution in [0.3, 0.4) is 0 Å². The van der Waals surface area contributed by atoms with E-state index in [0.29, 0.717) is 0 Å². The van der Waals surface area contributed by atoms with Gasteiger partial charge in [0, 0.05) is 18.4 Å². The van der Waals surface area contributed by atoms with Crippen molar-refractivity contribution in [2.24, 2.45) is 11.8 Å². The Kier molecular flexibility index (Phi) is 7.04. The van der Waals surface area contributed by atoms with Gasteiger partial charge in [-0.1, -0.05) is 0 Å². The normalized spacial score (nSPS) is 37.3. The van der Waals surface area contributed by atoms with Crippen molar-refractivity contribution in [3.8, 4) is 0 Å². The molecule has 1 aliphatic carbocycles. The van der Waals surface area contributed by atoms with Crippen molar-refractivity contribution in [2.75, 3.05) is 13.2 Å². The molecule has 0 saturated heterocycles. The first-order valence-electron chi connectivity index (χ1n) is 7.29. The van der Waals surface area contributed by atoms with Crippen molar-refractivity contribution in [2.45, 2.75) is 48.6 Å². The topological polar surface area (TPSA) is 219 Å². The number of hydrogen-bond donors (Lipinski definition) is 10. The van der Waals surface area contributed by atoms with Crippen molar-refractivity contribution >= 4 is 5.97 Å². The molecule has 10 N–H and O–H groups in total.